The molecule has 3 nitrogen and oxygen atoms in total. The maximum atomic E-state index is 5.70. The van der Waals surface area contributed by atoms with Gasteiger partial charge in [0.25, 0.3) is 0 Å². The Morgan fingerprint density at radius 3 is 2.82 bits per heavy atom. The fourth-order valence-corrected chi connectivity index (χ4v) is 1.53. The summed E-state index contributed by atoms with van der Waals surface area (Å²) in [4.78, 5) is 0. The van der Waals surface area contributed by atoms with E-state index in [4.69, 9.17) is 4.74 Å². The molecule has 1 aromatic heterocycles. The van der Waals surface area contributed by atoms with Gasteiger partial charge in [0.15, 0.2) is 0 Å². The van der Waals surface area contributed by atoms with E-state index in [1.165, 1.54) is 0 Å². The molecule has 2 rings (SSSR count). The molecule has 0 aliphatic heterocycles. The van der Waals surface area contributed by atoms with Gasteiger partial charge >= 0.3 is 0 Å². The van der Waals surface area contributed by atoms with Crippen LogP contribution in [-0.2, 0) is 0 Å². The predicted octanol–water partition coefficient (Wildman–Crippen LogP) is 3.12. The van der Waals surface area contributed by atoms with Crippen molar-refractivity contribution in [2.75, 3.05) is 6.61 Å². The Hall–Kier alpha value is -1.90. The second-order valence-corrected chi connectivity index (χ2v) is 3.76. The van der Waals surface area contributed by atoms with Crippen molar-refractivity contribution in [2.24, 2.45) is 0 Å². The molecule has 1 aromatic carbocycles. The first-order valence-electron chi connectivity index (χ1n) is 5.83. The molecule has 3 heteroatoms. The van der Waals surface area contributed by atoms with Crippen molar-refractivity contribution in [3.05, 3.63) is 42.7 Å². The van der Waals surface area contributed by atoms with Crippen LogP contribution in [0.2, 0.25) is 0 Å². The molecule has 0 atom stereocenters. The molecule has 87 valence electrons. The van der Waals surface area contributed by atoms with Gasteiger partial charge in [0.05, 0.1) is 18.4 Å². The highest BCUT2D eigenvalue weighted by Gasteiger charge is 2.06. The van der Waals surface area contributed by atoms with Crippen LogP contribution in [-0.4, -0.2) is 16.8 Å². The van der Waals surface area contributed by atoms with Crippen molar-refractivity contribution >= 4 is 0 Å². The standard InChI is InChI=1S/C14H15N2O/c1-2-3-9-17-14-11-16-15-10-13(14)12-7-5-4-6-8-12/h4-8,11H,2-3,9H2,1H3. The van der Waals surface area contributed by atoms with Crippen molar-refractivity contribution in [1.29, 1.82) is 0 Å². The van der Waals surface area contributed by atoms with E-state index in [0.717, 1.165) is 29.7 Å². The number of benzene rings is 1. The topological polar surface area (TPSA) is 35.0 Å². The summed E-state index contributed by atoms with van der Waals surface area (Å²) in [5.74, 6) is 0.750. The average molecular weight is 227 g/mol. The summed E-state index contributed by atoms with van der Waals surface area (Å²) in [5.41, 5.74) is 1.92. The molecule has 0 aliphatic rings. The Morgan fingerprint density at radius 1 is 1.24 bits per heavy atom. The molecule has 0 N–H and O–H groups in total. The third-order valence-electron chi connectivity index (χ3n) is 2.46. The maximum Gasteiger partial charge on any atom is 0.149 e. The molecule has 0 fully saturated rings. The van der Waals surface area contributed by atoms with Gasteiger partial charge in [-0.15, -0.1) is 5.10 Å². The monoisotopic (exact) mass is 227 g/mol. The summed E-state index contributed by atoms with van der Waals surface area (Å²) in [6.45, 7) is 2.84. The zero-order valence-electron chi connectivity index (χ0n) is 9.89. The fraction of sp³-hybridized carbons (Fsp3) is 0.286. The van der Waals surface area contributed by atoms with Crippen LogP contribution in [0.4, 0.5) is 0 Å². The highest BCUT2D eigenvalue weighted by molar-refractivity contribution is 5.68. The Kier molecular flexibility index (Phi) is 4.08. The zero-order chi connectivity index (χ0) is 11.9. The van der Waals surface area contributed by atoms with Gasteiger partial charge in [0, 0.05) is 0 Å². The molecule has 2 aromatic rings. The molecular weight excluding hydrogens is 212 g/mol. The van der Waals surface area contributed by atoms with Crippen LogP contribution in [0.25, 0.3) is 11.1 Å². The van der Waals surface area contributed by atoms with Crippen molar-refractivity contribution in [2.45, 2.75) is 19.8 Å². The van der Waals surface area contributed by atoms with Gasteiger partial charge in [0.1, 0.15) is 11.9 Å². The van der Waals surface area contributed by atoms with Crippen LogP contribution in [0.15, 0.2) is 36.5 Å². The summed E-state index contributed by atoms with van der Waals surface area (Å²) in [7, 11) is 0. The lowest BCUT2D eigenvalue weighted by atomic mass is 10.1. The molecule has 0 saturated carbocycles. The normalized spacial score (nSPS) is 10.2. The highest BCUT2D eigenvalue weighted by atomic mass is 16.5. The molecule has 0 spiro atoms. The van der Waals surface area contributed by atoms with E-state index in [0.29, 0.717) is 6.61 Å². The van der Waals surface area contributed by atoms with E-state index in [1.807, 2.05) is 30.3 Å². The third-order valence-corrected chi connectivity index (χ3v) is 2.46. The first kappa shape index (κ1) is 11.6. The molecule has 0 bridgehead atoms. The number of hydrogen-bond donors (Lipinski definition) is 0. The predicted molar refractivity (Wildman–Crippen MR) is 66.7 cm³/mol. The minimum absolute atomic E-state index is 0.704. The quantitative estimate of drug-likeness (QED) is 0.736. The SMILES string of the molecule is CCCCOc1cnn[c]c1-c1ccccc1. The van der Waals surface area contributed by atoms with E-state index in [-0.39, 0.29) is 0 Å². The smallest absolute Gasteiger partial charge is 0.149 e. The van der Waals surface area contributed by atoms with Crippen LogP contribution in [0, 0.1) is 6.20 Å². The molecule has 0 saturated heterocycles. The van der Waals surface area contributed by atoms with Gasteiger partial charge in [-0.05, 0) is 12.0 Å². The Labute approximate surface area is 101 Å². The Balaban J connectivity index is 2.22. The number of ether oxygens (including phenoxy) is 1. The summed E-state index contributed by atoms with van der Waals surface area (Å²) >= 11 is 0. The lowest BCUT2D eigenvalue weighted by Gasteiger charge is -2.09. The van der Waals surface area contributed by atoms with E-state index in [1.54, 1.807) is 6.20 Å². The molecule has 17 heavy (non-hydrogen) atoms. The van der Waals surface area contributed by atoms with E-state index < -0.39 is 0 Å². The number of nitrogens with zero attached hydrogens (tertiary/aromatic N) is 2. The lowest BCUT2D eigenvalue weighted by Crippen LogP contribution is -1.99. The van der Waals surface area contributed by atoms with Gasteiger partial charge < -0.3 is 4.74 Å². The highest BCUT2D eigenvalue weighted by Crippen LogP contribution is 2.27. The second kappa shape index (κ2) is 5.99. The largest absolute Gasteiger partial charge is 0.491 e. The van der Waals surface area contributed by atoms with Gasteiger partial charge in [-0.25, -0.2) is 0 Å². The van der Waals surface area contributed by atoms with Crippen LogP contribution < -0.4 is 4.74 Å². The van der Waals surface area contributed by atoms with E-state index in [9.17, 15) is 0 Å². The molecule has 0 aliphatic carbocycles. The van der Waals surface area contributed by atoms with Crippen molar-refractivity contribution in [3.63, 3.8) is 0 Å². The molecule has 1 heterocycles. The van der Waals surface area contributed by atoms with Crippen LogP contribution in [0.3, 0.4) is 0 Å². The first-order valence-corrected chi connectivity index (χ1v) is 5.83. The van der Waals surface area contributed by atoms with Crippen molar-refractivity contribution < 1.29 is 4.74 Å². The third kappa shape index (κ3) is 3.03. The van der Waals surface area contributed by atoms with Gasteiger partial charge in [-0.1, -0.05) is 43.7 Å². The van der Waals surface area contributed by atoms with Gasteiger partial charge in [-0.3, -0.25) is 0 Å². The zero-order valence-corrected chi connectivity index (χ0v) is 9.89. The van der Waals surface area contributed by atoms with Gasteiger partial charge in [0.2, 0.25) is 0 Å². The summed E-state index contributed by atoms with van der Waals surface area (Å²) in [6, 6.07) is 9.98. The number of rotatable bonds is 5. The average Bonchev–Trinajstić information content (AvgIpc) is 2.41. The van der Waals surface area contributed by atoms with E-state index >= 15 is 0 Å². The van der Waals surface area contributed by atoms with Crippen LogP contribution >= 0.6 is 0 Å². The van der Waals surface area contributed by atoms with Crippen LogP contribution in [0.1, 0.15) is 19.8 Å². The van der Waals surface area contributed by atoms with Crippen molar-refractivity contribution in [1.82, 2.24) is 10.2 Å². The number of aromatic nitrogens is 2. The Bertz CT molecular complexity index is 457. The van der Waals surface area contributed by atoms with E-state index in [2.05, 4.69) is 23.3 Å². The summed E-state index contributed by atoms with van der Waals surface area (Å²) in [6.07, 6.45) is 6.69. The second-order valence-electron chi connectivity index (χ2n) is 3.76. The molecule has 0 amide bonds. The summed E-state index contributed by atoms with van der Waals surface area (Å²) in [5, 5.41) is 7.61. The molecular formula is C14H15N2O. The summed E-state index contributed by atoms with van der Waals surface area (Å²) < 4.78 is 5.70. The van der Waals surface area contributed by atoms with Gasteiger partial charge in [-0.2, -0.15) is 5.10 Å². The molecule has 1 radical (unpaired) electrons. The van der Waals surface area contributed by atoms with Crippen molar-refractivity contribution in [3.8, 4) is 16.9 Å². The minimum atomic E-state index is 0.704. The maximum absolute atomic E-state index is 5.70. The van der Waals surface area contributed by atoms with Crippen LogP contribution in [0.5, 0.6) is 5.75 Å². The number of unbranched alkanes of at least 4 members (excludes halogenated alkanes) is 1. The fourth-order valence-electron chi connectivity index (χ4n) is 1.53. The molecule has 0 unspecified atom stereocenters. The minimum Gasteiger partial charge on any atom is -0.491 e. The Morgan fingerprint density at radius 2 is 2.06 bits per heavy atom. The first-order chi connectivity index (χ1) is 8.42. The lowest BCUT2D eigenvalue weighted by molar-refractivity contribution is 0.308. The number of hydrogen-bond acceptors (Lipinski definition) is 3.